The van der Waals surface area contributed by atoms with Gasteiger partial charge in [0.25, 0.3) is 0 Å². The average Bonchev–Trinajstić information content (AvgIpc) is 2.18. The molecule has 0 saturated carbocycles. The van der Waals surface area contributed by atoms with E-state index in [2.05, 4.69) is 30.4 Å². The first kappa shape index (κ1) is 12.3. The van der Waals surface area contributed by atoms with Crippen molar-refractivity contribution < 1.29 is 0 Å². The minimum absolute atomic E-state index is 0.304. The normalized spacial score (nSPS) is 12.7. The molecule has 0 spiro atoms. The number of nitrogen functional groups attached to an aromatic ring is 1. The highest BCUT2D eigenvalue weighted by molar-refractivity contribution is 7.98. The van der Waals surface area contributed by atoms with E-state index in [-0.39, 0.29) is 0 Å². The second-order valence-corrected chi connectivity index (χ2v) is 4.40. The molecule has 0 fully saturated rings. The van der Waals surface area contributed by atoms with Gasteiger partial charge in [0.2, 0.25) is 0 Å². The van der Waals surface area contributed by atoms with Gasteiger partial charge in [0.1, 0.15) is 5.82 Å². The molecule has 0 bridgehead atoms. The van der Waals surface area contributed by atoms with Crippen molar-refractivity contribution in [3.05, 3.63) is 23.4 Å². The topological polar surface area (TPSA) is 50.9 Å². The lowest BCUT2D eigenvalue weighted by Crippen LogP contribution is -2.25. The molecule has 0 saturated heterocycles. The van der Waals surface area contributed by atoms with E-state index < -0.39 is 0 Å². The van der Waals surface area contributed by atoms with Gasteiger partial charge in [-0.15, -0.1) is 0 Å². The van der Waals surface area contributed by atoms with Gasteiger partial charge in [-0.05, 0) is 31.4 Å². The molecule has 4 heteroatoms. The largest absolute Gasteiger partial charge is 0.383 e. The van der Waals surface area contributed by atoms with E-state index in [1.54, 1.807) is 6.20 Å². The van der Waals surface area contributed by atoms with E-state index in [4.69, 9.17) is 5.73 Å². The van der Waals surface area contributed by atoms with Crippen LogP contribution in [-0.4, -0.2) is 23.5 Å². The summed E-state index contributed by atoms with van der Waals surface area (Å²) in [4.78, 5) is 4.15. The van der Waals surface area contributed by atoms with E-state index in [1.165, 1.54) is 5.56 Å². The molecule has 15 heavy (non-hydrogen) atoms. The summed E-state index contributed by atoms with van der Waals surface area (Å²) in [5.41, 5.74) is 8.28. The third-order valence-electron chi connectivity index (χ3n) is 2.37. The standard InChI is InChI=1S/C11H19N3S/c1-4-13-9(7-15-3)10-8(2)5-6-14-11(10)12/h5-6,9,13H,4,7H2,1-3H3,(H2,12,14). The van der Waals surface area contributed by atoms with E-state index >= 15 is 0 Å². The Morgan fingerprint density at radius 1 is 1.60 bits per heavy atom. The van der Waals surface area contributed by atoms with Crippen molar-refractivity contribution in [2.75, 3.05) is 24.3 Å². The van der Waals surface area contributed by atoms with Crippen LogP contribution in [0.1, 0.15) is 24.1 Å². The number of nitrogens with zero attached hydrogens (tertiary/aromatic N) is 1. The highest BCUT2D eigenvalue weighted by Gasteiger charge is 2.15. The zero-order valence-electron chi connectivity index (χ0n) is 9.58. The molecule has 3 nitrogen and oxygen atoms in total. The first-order valence-corrected chi connectivity index (χ1v) is 6.53. The van der Waals surface area contributed by atoms with Gasteiger partial charge < -0.3 is 11.1 Å². The van der Waals surface area contributed by atoms with Crippen LogP contribution in [0.5, 0.6) is 0 Å². The molecule has 0 aliphatic rings. The Balaban J connectivity index is 2.98. The smallest absolute Gasteiger partial charge is 0.128 e. The van der Waals surface area contributed by atoms with Crippen molar-refractivity contribution in [2.45, 2.75) is 19.9 Å². The van der Waals surface area contributed by atoms with Gasteiger partial charge in [-0.2, -0.15) is 11.8 Å². The monoisotopic (exact) mass is 225 g/mol. The van der Waals surface area contributed by atoms with Crippen molar-refractivity contribution in [2.24, 2.45) is 0 Å². The van der Waals surface area contributed by atoms with Crippen molar-refractivity contribution in [1.82, 2.24) is 10.3 Å². The second kappa shape index (κ2) is 5.98. The van der Waals surface area contributed by atoms with Gasteiger partial charge in [-0.25, -0.2) is 4.98 Å². The maximum atomic E-state index is 5.92. The number of hydrogen-bond donors (Lipinski definition) is 2. The molecule has 1 unspecified atom stereocenters. The van der Waals surface area contributed by atoms with Crippen LogP contribution in [0.25, 0.3) is 0 Å². The highest BCUT2D eigenvalue weighted by Crippen LogP contribution is 2.24. The quantitative estimate of drug-likeness (QED) is 0.804. The van der Waals surface area contributed by atoms with Gasteiger partial charge in [-0.3, -0.25) is 0 Å². The van der Waals surface area contributed by atoms with Gasteiger partial charge >= 0.3 is 0 Å². The summed E-state index contributed by atoms with van der Waals surface area (Å²) in [7, 11) is 0. The Labute approximate surface area is 95.9 Å². The Bertz CT molecular complexity index is 288. The van der Waals surface area contributed by atoms with Gasteiger partial charge in [-0.1, -0.05) is 6.92 Å². The first-order chi connectivity index (χ1) is 7.20. The van der Waals surface area contributed by atoms with Crippen LogP contribution >= 0.6 is 11.8 Å². The van der Waals surface area contributed by atoms with Gasteiger partial charge in [0, 0.05) is 23.6 Å². The summed E-state index contributed by atoms with van der Waals surface area (Å²) >= 11 is 1.82. The van der Waals surface area contributed by atoms with Crippen LogP contribution in [0.4, 0.5) is 5.82 Å². The van der Waals surface area contributed by atoms with Crippen LogP contribution in [-0.2, 0) is 0 Å². The maximum absolute atomic E-state index is 5.92. The molecule has 1 aromatic rings. The lowest BCUT2D eigenvalue weighted by Gasteiger charge is -2.20. The number of aryl methyl sites for hydroxylation is 1. The molecule has 84 valence electrons. The Hall–Kier alpha value is -0.740. The van der Waals surface area contributed by atoms with Crippen LogP contribution in [0.15, 0.2) is 12.3 Å². The molecule has 1 rings (SSSR count). The van der Waals surface area contributed by atoms with Gasteiger partial charge in [0.15, 0.2) is 0 Å². The summed E-state index contributed by atoms with van der Waals surface area (Å²) in [6, 6.07) is 2.31. The summed E-state index contributed by atoms with van der Waals surface area (Å²) in [6.45, 7) is 5.13. The number of rotatable bonds is 5. The van der Waals surface area contributed by atoms with Crippen LogP contribution in [0, 0.1) is 6.92 Å². The van der Waals surface area contributed by atoms with Crippen molar-refractivity contribution in [3.63, 3.8) is 0 Å². The van der Waals surface area contributed by atoms with E-state index in [9.17, 15) is 0 Å². The summed E-state index contributed by atoms with van der Waals surface area (Å²) in [5.74, 6) is 1.67. The highest BCUT2D eigenvalue weighted by atomic mass is 32.2. The van der Waals surface area contributed by atoms with Crippen molar-refractivity contribution in [1.29, 1.82) is 0 Å². The molecule has 0 aliphatic heterocycles. The zero-order valence-corrected chi connectivity index (χ0v) is 10.4. The Morgan fingerprint density at radius 2 is 2.33 bits per heavy atom. The Kier molecular flexibility index (Phi) is 4.91. The third-order valence-corrected chi connectivity index (χ3v) is 3.04. The minimum atomic E-state index is 0.304. The number of nitrogens with one attached hydrogen (secondary N) is 1. The average molecular weight is 225 g/mol. The number of pyridine rings is 1. The first-order valence-electron chi connectivity index (χ1n) is 5.14. The lowest BCUT2D eigenvalue weighted by atomic mass is 10.0. The molecule has 0 aromatic carbocycles. The van der Waals surface area contributed by atoms with Crippen LogP contribution < -0.4 is 11.1 Å². The number of nitrogens with two attached hydrogens (primary N) is 1. The van der Waals surface area contributed by atoms with E-state index in [0.29, 0.717) is 11.9 Å². The van der Waals surface area contributed by atoms with Crippen molar-refractivity contribution >= 4 is 17.6 Å². The van der Waals surface area contributed by atoms with Crippen molar-refractivity contribution in [3.8, 4) is 0 Å². The zero-order chi connectivity index (χ0) is 11.3. The van der Waals surface area contributed by atoms with Crippen LogP contribution in [0.3, 0.4) is 0 Å². The molecule has 3 N–H and O–H groups in total. The lowest BCUT2D eigenvalue weighted by molar-refractivity contribution is 0.603. The number of thioether (sulfide) groups is 1. The molecular formula is C11H19N3S. The summed E-state index contributed by atoms with van der Waals surface area (Å²) < 4.78 is 0. The fourth-order valence-electron chi connectivity index (χ4n) is 1.70. The van der Waals surface area contributed by atoms with E-state index in [0.717, 1.165) is 17.9 Å². The summed E-state index contributed by atoms with van der Waals surface area (Å²) in [5, 5.41) is 3.44. The SMILES string of the molecule is CCNC(CSC)c1c(C)ccnc1N. The fourth-order valence-corrected chi connectivity index (χ4v) is 2.32. The van der Waals surface area contributed by atoms with Gasteiger partial charge in [0.05, 0.1) is 0 Å². The molecule has 1 aromatic heterocycles. The molecule has 1 atom stereocenters. The second-order valence-electron chi connectivity index (χ2n) is 3.49. The Morgan fingerprint density at radius 3 is 2.87 bits per heavy atom. The molecule has 0 aliphatic carbocycles. The molecule has 1 heterocycles. The number of anilines is 1. The van der Waals surface area contributed by atoms with E-state index in [1.807, 2.05) is 17.8 Å². The minimum Gasteiger partial charge on any atom is -0.383 e. The van der Waals surface area contributed by atoms with Crippen LogP contribution in [0.2, 0.25) is 0 Å². The molecule has 0 radical (unpaired) electrons. The molecular weight excluding hydrogens is 206 g/mol. The summed E-state index contributed by atoms with van der Waals surface area (Å²) in [6.07, 6.45) is 3.86. The number of aromatic nitrogens is 1. The maximum Gasteiger partial charge on any atom is 0.128 e. The third kappa shape index (κ3) is 3.11. The molecule has 0 amide bonds. The fraction of sp³-hybridized carbons (Fsp3) is 0.545. The predicted molar refractivity (Wildman–Crippen MR) is 68.2 cm³/mol. The predicted octanol–water partition coefficient (Wildman–Crippen LogP) is 1.99. The number of hydrogen-bond acceptors (Lipinski definition) is 4.